The number of piperidine rings is 1. The Labute approximate surface area is 115 Å². The van der Waals surface area contributed by atoms with E-state index < -0.39 is 17.7 Å². The van der Waals surface area contributed by atoms with E-state index in [9.17, 15) is 9.59 Å². The lowest BCUT2D eigenvalue weighted by Gasteiger charge is -2.37. The van der Waals surface area contributed by atoms with Gasteiger partial charge in [-0.2, -0.15) is 0 Å². The largest absolute Gasteiger partial charge is 0.459 e. The van der Waals surface area contributed by atoms with Crippen LogP contribution in [-0.2, 0) is 9.47 Å². The first-order chi connectivity index (χ1) is 9.69. The van der Waals surface area contributed by atoms with Crippen LogP contribution in [0, 0.1) is 0 Å². The minimum Gasteiger partial charge on any atom is -0.459 e. The molecule has 0 unspecified atom stereocenters. The highest BCUT2D eigenvalue weighted by Crippen LogP contribution is 2.31. The summed E-state index contributed by atoms with van der Waals surface area (Å²) in [6.45, 7) is 2.20. The molecule has 7 heteroatoms. The van der Waals surface area contributed by atoms with Gasteiger partial charge in [-0.15, -0.1) is 0 Å². The first kappa shape index (κ1) is 13.1. The van der Waals surface area contributed by atoms with Crippen LogP contribution in [0.4, 0.5) is 4.79 Å². The van der Waals surface area contributed by atoms with Gasteiger partial charge in [0.25, 0.3) is 5.91 Å². The predicted octanol–water partition coefficient (Wildman–Crippen LogP) is 0.968. The fraction of sp³-hybridized carbons (Fsp3) is 0.538. The number of amides is 3. The van der Waals surface area contributed by atoms with Crippen molar-refractivity contribution in [3.8, 4) is 0 Å². The molecule has 7 nitrogen and oxygen atoms in total. The summed E-state index contributed by atoms with van der Waals surface area (Å²) in [6, 6.07) is 2.69. The fourth-order valence-corrected chi connectivity index (χ4v) is 2.48. The SMILES string of the molecule is O=C(NC(=O)N1CCC2(CC1)OCCO2)c1ccco1. The standard InChI is InChI=1S/C13H16N2O5/c16-11(10-2-1-7-18-10)14-12(17)15-5-3-13(4-6-15)19-8-9-20-13/h1-2,7H,3-6,8-9H2,(H,14,16,17). The number of likely N-dealkylation sites (tertiary alicyclic amines) is 1. The van der Waals surface area contributed by atoms with Gasteiger partial charge in [0.1, 0.15) is 0 Å². The van der Waals surface area contributed by atoms with E-state index in [1.54, 1.807) is 11.0 Å². The van der Waals surface area contributed by atoms with Crippen LogP contribution in [-0.4, -0.2) is 48.9 Å². The number of carbonyl (C=O) groups excluding carboxylic acids is 2. The Bertz CT molecular complexity index is 483. The maximum atomic E-state index is 12.0. The summed E-state index contributed by atoms with van der Waals surface area (Å²) < 4.78 is 16.1. The second-order valence-corrected chi connectivity index (χ2v) is 4.83. The molecule has 1 spiro atoms. The maximum Gasteiger partial charge on any atom is 0.324 e. The lowest BCUT2D eigenvalue weighted by molar-refractivity contribution is -0.181. The van der Waals surface area contributed by atoms with Crippen molar-refractivity contribution in [1.82, 2.24) is 10.2 Å². The van der Waals surface area contributed by atoms with E-state index >= 15 is 0 Å². The van der Waals surface area contributed by atoms with Crippen LogP contribution in [0.2, 0.25) is 0 Å². The van der Waals surface area contributed by atoms with E-state index in [1.165, 1.54) is 12.3 Å². The number of nitrogens with zero attached hydrogens (tertiary/aromatic N) is 1. The highest BCUT2D eigenvalue weighted by molar-refractivity contribution is 6.02. The summed E-state index contributed by atoms with van der Waals surface area (Å²) >= 11 is 0. The van der Waals surface area contributed by atoms with Crippen LogP contribution >= 0.6 is 0 Å². The van der Waals surface area contributed by atoms with Crippen LogP contribution in [0.25, 0.3) is 0 Å². The number of rotatable bonds is 1. The van der Waals surface area contributed by atoms with E-state index in [0.717, 1.165) is 0 Å². The lowest BCUT2D eigenvalue weighted by atomic mass is 10.0. The number of carbonyl (C=O) groups is 2. The maximum absolute atomic E-state index is 12.0. The van der Waals surface area contributed by atoms with Crippen LogP contribution in [0.3, 0.4) is 0 Å². The van der Waals surface area contributed by atoms with E-state index in [1.807, 2.05) is 0 Å². The molecular weight excluding hydrogens is 264 g/mol. The first-order valence-corrected chi connectivity index (χ1v) is 6.60. The van der Waals surface area contributed by atoms with Crippen molar-refractivity contribution in [2.45, 2.75) is 18.6 Å². The lowest BCUT2D eigenvalue weighted by Crippen LogP contribution is -2.51. The Balaban J connectivity index is 1.53. The zero-order valence-corrected chi connectivity index (χ0v) is 11.0. The average molecular weight is 280 g/mol. The monoisotopic (exact) mass is 280 g/mol. The molecular formula is C13H16N2O5. The van der Waals surface area contributed by atoms with Gasteiger partial charge in [-0.3, -0.25) is 10.1 Å². The quantitative estimate of drug-likeness (QED) is 0.829. The summed E-state index contributed by atoms with van der Waals surface area (Å²) in [7, 11) is 0. The Morgan fingerprint density at radius 2 is 1.90 bits per heavy atom. The van der Waals surface area contributed by atoms with Gasteiger partial charge in [0, 0.05) is 25.9 Å². The molecule has 0 aromatic carbocycles. The van der Waals surface area contributed by atoms with E-state index in [4.69, 9.17) is 13.9 Å². The van der Waals surface area contributed by atoms with Crippen molar-refractivity contribution >= 4 is 11.9 Å². The molecule has 0 bridgehead atoms. The number of ether oxygens (including phenoxy) is 2. The van der Waals surface area contributed by atoms with Gasteiger partial charge >= 0.3 is 6.03 Å². The molecule has 20 heavy (non-hydrogen) atoms. The van der Waals surface area contributed by atoms with Crippen LogP contribution in [0.1, 0.15) is 23.4 Å². The first-order valence-electron chi connectivity index (χ1n) is 6.60. The van der Waals surface area contributed by atoms with Crippen molar-refractivity contribution in [3.05, 3.63) is 24.2 Å². The van der Waals surface area contributed by atoms with Crippen molar-refractivity contribution in [3.63, 3.8) is 0 Å². The minimum atomic E-state index is -0.534. The van der Waals surface area contributed by atoms with Crippen LogP contribution in [0.15, 0.2) is 22.8 Å². The van der Waals surface area contributed by atoms with Gasteiger partial charge in [0.2, 0.25) is 0 Å². The fourth-order valence-electron chi connectivity index (χ4n) is 2.48. The van der Waals surface area contributed by atoms with E-state index in [0.29, 0.717) is 39.1 Å². The summed E-state index contributed by atoms with van der Waals surface area (Å²) in [5.74, 6) is -0.940. The number of hydrogen-bond donors (Lipinski definition) is 1. The minimum absolute atomic E-state index is 0.120. The molecule has 0 atom stereocenters. The zero-order chi connectivity index (χ0) is 14.0. The van der Waals surface area contributed by atoms with E-state index in [2.05, 4.69) is 5.32 Å². The molecule has 2 saturated heterocycles. The third-order valence-corrected chi connectivity index (χ3v) is 3.59. The molecule has 3 amide bonds. The Morgan fingerprint density at radius 3 is 2.50 bits per heavy atom. The second-order valence-electron chi connectivity index (χ2n) is 4.83. The zero-order valence-electron chi connectivity index (χ0n) is 11.0. The molecule has 1 aromatic heterocycles. The van der Waals surface area contributed by atoms with Crippen LogP contribution < -0.4 is 5.32 Å². The van der Waals surface area contributed by atoms with Crippen molar-refractivity contribution < 1.29 is 23.5 Å². The third-order valence-electron chi connectivity index (χ3n) is 3.59. The van der Waals surface area contributed by atoms with Gasteiger partial charge in [-0.25, -0.2) is 4.79 Å². The van der Waals surface area contributed by atoms with Crippen LogP contribution in [0.5, 0.6) is 0 Å². The molecule has 3 rings (SSSR count). The second kappa shape index (κ2) is 5.26. The molecule has 0 radical (unpaired) electrons. The summed E-state index contributed by atoms with van der Waals surface area (Å²) in [5, 5.41) is 2.30. The molecule has 0 saturated carbocycles. The normalized spacial score (nSPS) is 21.1. The molecule has 3 heterocycles. The molecule has 1 N–H and O–H groups in total. The number of hydrogen-bond acceptors (Lipinski definition) is 5. The summed E-state index contributed by atoms with van der Waals surface area (Å²) in [4.78, 5) is 25.3. The molecule has 108 valence electrons. The smallest absolute Gasteiger partial charge is 0.324 e. The van der Waals surface area contributed by atoms with Crippen molar-refractivity contribution in [2.24, 2.45) is 0 Å². The molecule has 2 fully saturated rings. The van der Waals surface area contributed by atoms with Crippen molar-refractivity contribution in [1.29, 1.82) is 0 Å². The average Bonchev–Trinajstić information content (AvgIpc) is 3.11. The number of nitrogens with one attached hydrogen (secondary N) is 1. The summed E-state index contributed by atoms with van der Waals surface area (Å²) in [6.07, 6.45) is 2.63. The highest BCUT2D eigenvalue weighted by Gasteiger charge is 2.40. The Morgan fingerprint density at radius 1 is 1.20 bits per heavy atom. The molecule has 1 aromatic rings. The molecule has 2 aliphatic heterocycles. The predicted molar refractivity (Wildman–Crippen MR) is 67.0 cm³/mol. The number of furan rings is 1. The third kappa shape index (κ3) is 2.54. The topological polar surface area (TPSA) is 81.0 Å². The van der Waals surface area contributed by atoms with Crippen molar-refractivity contribution in [2.75, 3.05) is 26.3 Å². The Kier molecular flexibility index (Phi) is 3.45. The Hall–Kier alpha value is -1.86. The van der Waals surface area contributed by atoms with Gasteiger partial charge in [0.15, 0.2) is 11.5 Å². The molecule has 2 aliphatic rings. The number of urea groups is 1. The number of imide groups is 1. The highest BCUT2D eigenvalue weighted by atomic mass is 16.7. The van der Waals surface area contributed by atoms with Gasteiger partial charge in [0.05, 0.1) is 19.5 Å². The van der Waals surface area contributed by atoms with E-state index in [-0.39, 0.29) is 5.76 Å². The summed E-state index contributed by atoms with van der Waals surface area (Å²) in [5.41, 5.74) is 0. The van der Waals surface area contributed by atoms with Gasteiger partial charge < -0.3 is 18.8 Å². The molecule has 0 aliphatic carbocycles. The van der Waals surface area contributed by atoms with Gasteiger partial charge in [-0.1, -0.05) is 0 Å². The van der Waals surface area contributed by atoms with Gasteiger partial charge in [-0.05, 0) is 12.1 Å².